The zero-order chi connectivity index (χ0) is 22.9. The normalized spacial score (nSPS) is 22.8. The molecule has 0 spiro atoms. The molecule has 2 saturated carbocycles. The van der Waals surface area contributed by atoms with E-state index in [1.165, 1.54) is 52.4 Å². The van der Waals surface area contributed by atoms with Crippen molar-refractivity contribution < 1.29 is 19.2 Å². The molecule has 2 rings (SSSR count). The van der Waals surface area contributed by atoms with Crippen molar-refractivity contribution in [2.24, 2.45) is 17.8 Å². The summed E-state index contributed by atoms with van der Waals surface area (Å²) in [6, 6.07) is 0. The third-order valence-electron chi connectivity index (χ3n) is 6.00. The van der Waals surface area contributed by atoms with Crippen LogP contribution in [0.3, 0.4) is 0 Å². The van der Waals surface area contributed by atoms with Crippen LogP contribution in [0.25, 0.3) is 0 Å². The summed E-state index contributed by atoms with van der Waals surface area (Å²) < 4.78 is 0. The van der Waals surface area contributed by atoms with Gasteiger partial charge in [0.15, 0.2) is 0 Å². The molecule has 0 radical (unpaired) electrons. The van der Waals surface area contributed by atoms with Gasteiger partial charge in [-0.2, -0.15) is 0 Å². The Morgan fingerprint density at radius 1 is 0.800 bits per heavy atom. The van der Waals surface area contributed by atoms with Gasteiger partial charge in [0, 0.05) is 31.1 Å². The minimum atomic E-state index is 0.167. The number of hydrogen-bond acceptors (Lipinski definition) is 4. The van der Waals surface area contributed by atoms with Crippen LogP contribution in [0.5, 0.6) is 0 Å². The van der Waals surface area contributed by atoms with E-state index in [0.717, 1.165) is 38.5 Å². The van der Waals surface area contributed by atoms with E-state index in [1.54, 1.807) is 6.92 Å². The van der Waals surface area contributed by atoms with Crippen LogP contribution in [0.1, 0.15) is 125 Å². The van der Waals surface area contributed by atoms with Crippen LogP contribution in [0, 0.1) is 17.8 Å². The molecular weight excluding hydrogens is 376 g/mol. The van der Waals surface area contributed by atoms with Gasteiger partial charge in [-0.15, -0.1) is 0 Å². The van der Waals surface area contributed by atoms with Crippen molar-refractivity contribution in [1.82, 2.24) is 0 Å². The molecule has 0 amide bonds. The van der Waals surface area contributed by atoms with Crippen molar-refractivity contribution in [3.05, 3.63) is 0 Å². The highest BCUT2D eigenvalue weighted by Crippen LogP contribution is 2.35. The summed E-state index contributed by atoms with van der Waals surface area (Å²) in [5.74, 6) is 2.32. The standard InChI is InChI=1S/C13H22O2.C10H18O.C3H6O/c1-3-4-5-6-12-11(9-10(2)14)7-8-13(12)15;1-2-3-4-6-9-7-5-8-10(9)11;1-3(2)4/h11-12H,3-9H2,1-2H3;9H,2-8H2,1H3;1-2H3. The van der Waals surface area contributed by atoms with Crippen LogP contribution < -0.4 is 0 Å². The lowest BCUT2D eigenvalue weighted by molar-refractivity contribution is -0.122. The fourth-order valence-corrected chi connectivity index (χ4v) is 4.44. The third kappa shape index (κ3) is 13.8. The van der Waals surface area contributed by atoms with Crippen LogP contribution in [0.15, 0.2) is 0 Å². The zero-order valence-corrected chi connectivity index (χ0v) is 20.3. The number of hydrogen-bond donors (Lipinski definition) is 0. The van der Waals surface area contributed by atoms with E-state index in [2.05, 4.69) is 13.8 Å². The molecule has 30 heavy (non-hydrogen) atoms. The SMILES string of the molecule is CC(C)=O.CCCCCC1C(=O)CCC1CC(C)=O.CCCCCC1CCCC1=O. The Balaban J connectivity index is 0.000000491. The van der Waals surface area contributed by atoms with Gasteiger partial charge in [-0.25, -0.2) is 0 Å². The van der Waals surface area contributed by atoms with Crippen LogP contribution >= 0.6 is 0 Å². The molecule has 4 heteroatoms. The fraction of sp³-hybridized carbons (Fsp3) is 0.846. The van der Waals surface area contributed by atoms with Crippen LogP contribution in [-0.4, -0.2) is 23.1 Å². The minimum absolute atomic E-state index is 0.167. The Labute approximate surface area is 185 Å². The van der Waals surface area contributed by atoms with Gasteiger partial charge in [0.05, 0.1) is 0 Å². The highest BCUT2D eigenvalue weighted by atomic mass is 16.1. The predicted octanol–water partition coefficient (Wildman–Crippen LogP) is 6.67. The first kappa shape index (κ1) is 28.7. The molecule has 174 valence electrons. The molecule has 0 aliphatic heterocycles. The Morgan fingerprint density at radius 3 is 1.83 bits per heavy atom. The molecule has 2 fully saturated rings. The Bertz CT molecular complexity index is 519. The summed E-state index contributed by atoms with van der Waals surface area (Å²) in [5.41, 5.74) is 0. The number of unbranched alkanes of at least 4 members (excludes halogenated alkanes) is 4. The number of ketones is 4. The lowest BCUT2D eigenvalue weighted by Crippen LogP contribution is -2.17. The van der Waals surface area contributed by atoms with E-state index in [9.17, 15) is 19.2 Å². The summed E-state index contributed by atoms with van der Waals surface area (Å²) in [7, 11) is 0. The molecule has 0 aromatic rings. The first-order valence-corrected chi connectivity index (χ1v) is 12.2. The Hall–Kier alpha value is -1.32. The highest BCUT2D eigenvalue weighted by molar-refractivity contribution is 5.85. The van der Waals surface area contributed by atoms with Gasteiger partial charge in [0.2, 0.25) is 0 Å². The summed E-state index contributed by atoms with van der Waals surface area (Å²) >= 11 is 0. The van der Waals surface area contributed by atoms with Crippen molar-refractivity contribution in [3.8, 4) is 0 Å². The van der Waals surface area contributed by atoms with Gasteiger partial charge in [-0.1, -0.05) is 52.4 Å². The van der Waals surface area contributed by atoms with E-state index < -0.39 is 0 Å². The van der Waals surface area contributed by atoms with Gasteiger partial charge in [0.25, 0.3) is 0 Å². The first-order chi connectivity index (χ1) is 14.2. The number of Topliss-reactive ketones (excluding diaryl/α,β-unsaturated/α-hetero) is 4. The van der Waals surface area contributed by atoms with Gasteiger partial charge >= 0.3 is 0 Å². The fourth-order valence-electron chi connectivity index (χ4n) is 4.44. The summed E-state index contributed by atoms with van der Waals surface area (Å²) in [6.45, 7) is 9.06. The topological polar surface area (TPSA) is 68.3 Å². The molecule has 2 aliphatic rings. The second-order valence-electron chi connectivity index (χ2n) is 9.23. The third-order valence-corrected chi connectivity index (χ3v) is 6.00. The van der Waals surface area contributed by atoms with Crippen molar-refractivity contribution in [2.75, 3.05) is 0 Å². The van der Waals surface area contributed by atoms with Gasteiger partial charge < -0.3 is 9.59 Å². The molecule has 3 atom stereocenters. The number of carbonyl (C=O) groups excluding carboxylic acids is 4. The number of rotatable bonds is 10. The quantitative estimate of drug-likeness (QED) is 0.369. The maximum absolute atomic E-state index is 11.6. The Morgan fingerprint density at radius 2 is 1.37 bits per heavy atom. The van der Waals surface area contributed by atoms with E-state index >= 15 is 0 Å². The molecule has 0 bridgehead atoms. The molecule has 4 nitrogen and oxygen atoms in total. The summed E-state index contributed by atoms with van der Waals surface area (Å²) in [5, 5.41) is 0. The Kier molecular flexibility index (Phi) is 16.6. The summed E-state index contributed by atoms with van der Waals surface area (Å²) in [6.07, 6.45) is 15.0. The monoisotopic (exact) mass is 422 g/mol. The predicted molar refractivity (Wildman–Crippen MR) is 124 cm³/mol. The molecule has 0 aromatic heterocycles. The first-order valence-electron chi connectivity index (χ1n) is 12.2. The van der Waals surface area contributed by atoms with Gasteiger partial charge in [-0.05, 0) is 58.8 Å². The van der Waals surface area contributed by atoms with E-state index in [1.807, 2.05) is 0 Å². The van der Waals surface area contributed by atoms with Crippen LogP contribution in [0.2, 0.25) is 0 Å². The average molecular weight is 423 g/mol. The lowest BCUT2D eigenvalue weighted by Gasteiger charge is -2.16. The van der Waals surface area contributed by atoms with Crippen LogP contribution in [-0.2, 0) is 19.2 Å². The van der Waals surface area contributed by atoms with Crippen molar-refractivity contribution >= 4 is 23.1 Å². The van der Waals surface area contributed by atoms with Gasteiger partial charge in [-0.3, -0.25) is 9.59 Å². The molecular formula is C26H46O4. The molecule has 3 unspecified atom stereocenters. The lowest BCUT2D eigenvalue weighted by atomic mass is 9.87. The zero-order valence-electron chi connectivity index (χ0n) is 20.3. The van der Waals surface area contributed by atoms with E-state index in [-0.39, 0.29) is 17.5 Å². The molecule has 0 N–H and O–H groups in total. The van der Waals surface area contributed by atoms with Crippen LogP contribution in [0.4, 0.5) is 0 Å². The van der Waals surface area contributed by atoms with E-state index in [0.29, 0.717) is 36.2 Å². The maximum Gasteiger partial charge on any atom is 0.136 e. The van der Waals surface area contributed by atoms with Crippen molar-refractivity contribution in [2.45, 2.75) is 125 Å². The van der Waals surface area contributed by atoms with Crippen molar-refractivity contribution in [1.29, 1.82) is 0 Å². The summed E-state index contributed by atoms with van der Waals surface area (Å²) in [4.78, 5) is 43.3. The minimum Gasteiger partial charge on any atom is -0.300 e. The molecule has 2 aliphatic carbocycles. The second kappa shape index (κ2) is 17.4. The second-order valence-corrected chi connectivity index (χ2v) is 9.23. The smallest absolute Gasteiger partial charge is 0.136 e. The van der Waals surface area contributed by atoms with E-state index in [4.69, 9.17) is 0 Å². The molecule has 0 heterocycles. The average Bonchev–Trinajstić information content (AvgIpc) is 3.22. The maximum atomic E-state index is 11.6. The van der Waals surface area contributed by atoms with Gasteiger partial charge in [0.1, 0.15) is 23.1 Å². The largest absolute Gasteiger partial charge is 0.300 e. The number of carbonyl (C=O) groups is 4. The van der Waals surface area contributed by atoms with Crippen molar-refractivity contribution in [3.63, 3.8) is 0 Å². The molecule has 0 aromatic carbocycles. The highest BCUT2D eigenvalue weighted by Gasteiger charge is 2.34. The molecule has 0 saturated heterocycles.